The molecule has 230 valence electrons. The van der Waals surface area contributed by atoms with Crippen LogP contribution in [-0.4, -0.2) is 24.1 Å². The Balaban J connectivity index is 3.91. The Labute approximate surface area is 243 Å². The first-order chi connectivity index (χ1) is 19.0. The van der Waals surface area contributed by atoms with E-state index in [9.17, 15) is 9.59 Å². The number of allylic oxidation sites excluding steroid dienone is 2. The molecule has 0 saturated heterocycles. The van der Waals surface area contributed by atoms with Crippen molar-refractivity contribution in [3.8, 4) is 0 Å². The minimum absolute atomic E-state index is 0.197. The highest BCUT2D eigenvalue weighted by Crippen LogP contribution is 2.16. The van der Waals surface area contributed by atoms with Crippen molar-refractivity contribution >= 4 is 11.9 Å². The Morgan fingerprint density at radius 1 is 0.538 bits per heavy atom. The van der Waals surface area contributed by atoms with Crippen molar-refractivity contribution < 1.29 is 19.1 Å². The average molecular weight is 551 g/mol. The van der Waals surface area contributed by atoms with Gasteiger partial charge in [0.15, 0.2) is 6.10 Å². The second kappa shape index (κ2) is 29.7. The third kappa shape index (κ3) is 28.0. The van der Waals surface area contributed by atoms with E-state index in [2.05, 4.69) is 26.0 Å². The van der Waals surface area contributed by atoms with E-state index in [0.29, 0.717) is 12.8 Å². The van der Waals surface area contributed by atoms with Gasteiger partial charge in [0.05, 0.1) is 6.10 Å². The topological polar surface area (TPSA) is 52.6 Å². The first kappa shape index (κ1) is 37.7. The molecule has 0 heterocycles. The lowest BCUT2D eigenvalue weighted by molar-refractivity contribution is -0.171. The Morgan fingerprint density at radius 3 is 1.41 bits per heavy atom. The third-order valence-electron chi connectivity index (χ3n) is 7.35. The summed E-state index contributed by atoms with van der Waals surface area (Å²) in [5, 5.41) is 0. The number of hydrogen-bond acceptors (Lipinski definition) is 4. The number of carbonyl (C=O) groups excluding carboxylic acids is 2. The fourth-order valence-electron chi connectivity index (χ4n) is 4.91. The molecule has 0 aromatic carbocycles. The highest BCUT2D eigenvalue weighted by atomic mass is 16.6. The summed E-state index contributed by atoms with van der Waals surface area (Å²) >= 11 is 0. The largest absolute Gasteiger partial charge is 0.460 e. The molecule has 39 heavy (non-hydrogen) atoms. The number of carbonyl (C=O) groups is 2. The molecule has 0 aromatic rings. The van der Waals surface area contributed by atoms with Crippen LogP contribution in [-0.2, 0) is 19.1 Å². The number of ether oxygens (including phenoxy) is 2. The van der Waals surface area contributed by atoms with Gasteiger partial charge in [0, 0.05) is 6.42 Å². The van der Waals surface area contributed by atoms with Crippen LogP contribution in [0.15, 0.2) is 12.2 Å². The van der Waals surface area contributed by atoms with E-state index >= 15 is 0 Å². The van der Waals surface area contributed by atoms with Crippen LogP contribution in [0.5, 0.6) is 0 Å². The number of hydrogen-bond donors (Lipinski definition) is 0. The van der Waals surface area contributed by atoms with Crippen LogP contribution in [0, 0.1) is 0 Å². The fourth-order valence-corrected chi connectivity index (χ4v) is 4.91. The summed E-state index contributed by atoms with van der Waals surface area (Å²) in [6.07, 6.45) is 33.1. The van der Waals surface area contributed by atoms with Crippen LogP contribution in [0.25, 0.3) is 0 Å². The average Bonchev–Trinajstić information content (AvgIpc) is 2.90. The van der Waals surface area contributed by atoms with Gasteiger partial charge in [-0.25, -0.2) is 4.79 Å². The molecule has 0 spiro atoms. The van der Waals surface area contributed by atoms with Crippen molar-refractivity contribution in [3.05, 3.63) is 12.2 Å². The molecule has 0 bridgehead atoms. The van der Waals surface area contributed by atoms with Crippen molar-refractivity contribution in [1.29, 1.82) is 0 Å². The SMILES string of the molecule is CCCCCCCC/C=C\CCCCCCCC(=O)OC(CCCCCCCCCCCC)C(=O)OC(C)C. The predicted octanol–water partition coefficient (Wildman–Crippen LogP) is 11.2. The van der Waals surface area contributed by atoms with E-state index in [1.165, 1.54) is 109 Å². The van der Waals surface area contributed by atoms with Crippen LogP contribution < -0.4 is 0 Å². The molecular weight excluding hydrogens is 484 g/mol. The summed E-state index contributed by atoms with van der Waals surface area (Å²) in [5.41, 5.74) is 0. The molecule has 4 nitrogen and oxygen atoms in total. The summed E-state index contributed by atoms with van der Waals surface area (Å²) in [7, 11) is 0. The Hall–Kier alpha value is -1.32. The van der Waals surface area contributed by atoms with Gasteiger partial charge in [0.1, 0.15) is 0 Å². The zero-order valence-electron chi connectivity index (χ0n) is 26.6. The van der Waals surface area contributed by atoms with Crippen molar-refractivity contribution in [2.75, 3.05) is 0 Å². The third-order valence-corrected chi connectivity index (χ3v) is 7.35. The maximum absolute atomic E-state index is 12.5. The van der Waals surface area contributed by atoms with Gasteiger partial charge in [0.25, 0.3) is 0 Å². The van der Waals surface area contributed by atoms with E-state index in [1.54, 1.807) is 0 Å². The molecule has 0 aliphatic rings. The first-order valence-corrected chi connectivity index (χ1v) is 17.1. The molecule has 0 fully saturated rings. The number of esters is 2. The second-order valence-electron chi connectivity index (χ2n) is 11.8. The highest BCUT2D eigenvalue weighted by Gasteiger charge is 2.24. The maximum atomic E-state index is 12.5. The maximum Gasteiger partial charge on any atom is 0.347 e. The van der Waals surface area contributed by atoms with E-state index in [4.69, 9.17) is 9.47 Å². The number of rotatable bonds is 29. The van der Waals surface area contributed by atoms with Crippen LogP contribution in [0.3, 0.4) is 0 Å². The number of unbranched alkanes of at least 4 members (excludes halogenated alkanes) is 20. The Bertz CT molecular complexity index is 569. The zero-order chi connectivity index (χ0) is 28.8. The van der Waals surface area contributed by atoms with Gasteiger partial charge in [-0.3, -0.25) is 4.79 Å². The molecule has 0 rings (SSSR count). The molecule has 0 aliphatic carbocycles. The molecule has 0 aromatic heterocycles. The van der Waals surface area contributed by atoms with E-state index in [1.807, 2.05) is 13.8 Å². The Morgan fingerprint density at radius 2 is 0.949 bits per heavy atom. The van der Waals surface area contributed by atoms with Crippen molar-refractivity contribution in [3.63, 3.8) is 0 Å². The molecule has 4 heteroatoms. The lowest BCUT2D eigenvalue weighted by Crippen LogP contribution is -2.31. The van der Waals surface area contributed by atoms with Crippen molar-refractivity contribution in [2.24, 2.45) is 0 Å². The summed E-state index contributed by atoms with van der Waals surface area (Å²) < 4.78 is 11.0. The minimum Gasteiger partial charge on any atom is -0.460 e. The first-order valence-electron chi connectivity index (χ1n) is 17.1. The van der Waals surface area contributed by atoms with Gasteiger partial charge >= 0.3 is 11.9 Å². The van der Waals surface area contributed by atoms with Gasteiger partial charge in [-0.1, -0.05) is 135 Å². The Kier molecular flexibility index (Phi) is 28.7. The molecule has 0 N–H and O–H groups in total. The summed E-state index contributed by atoms with van der Waals surface area (Å²) in [5.74, 6) is -0.649. The van der Waals surface area contributed by atoms with Gasteiger partial charge in [-0.05, 0) is 58.8 Å². The van der Waals surface area contributed by atoms with Crippen LogP contribution in [0.2, 0.25) is 0 Å². The molecule has 0 radical (unpaired) electrons. The molecular formula is C35H66O4. The highest BCUT2D eigenvalue weighted by molar-refractivity contribution is 5.79. The van der Waals surface area contributed by atoms with E-state index in [-0.39, 0.29) is 18.0 Å². The summed E-state index contributed by atoms with van der Waals surface area (Å²) in [6.45, 7) is 8.19. The summed E-state index contributed by atoms with van der Waals surface area (Å²) in [4.78, 5) is 24.9. The predicted molar refractivity (Wildman–Crippen MR) is 167 cm³/mol. The van der Waals surface area contributed by atoms with Gasteiger partial charge in [-0.2, -0.15) is 0 Å². The van der Waals surface area contributed by atoms with Crippen LogP contribution in [0.4, 0.5) is 0 Å². The summed E-state index contributed by atoms with van der Waals surface area (Å²) in [6, 6.07) is 0. The van der Waals surface area contributed by atoms with E-state index < -0.39 is 6.10 Å². The smallest absolute Gasteiger partial charge is 0.347 e. The van der Waals surface area contributed by atoms with Crippen LogP contribution in [0.1, 0.15) is 188 Å². The van der Waals surface area contributed by atoms with Gasteiger partial charge in [-0.15, -0.1) is 0 Å². The molecule has 0 saturated carbocycles. The van der Waals surface area contributed by atoms with Crippen molar-refractivity contribution in [2.45, 2.75) is 200 Å². The van der Waals surface area contributed by atoms with E-state index in [0.717, 1.165) is 38.5 Å². The zero-order valence-corrected chi connectivity index (χ0v) is 26.6. The van der Waals surface area contributed by atoms with Gasteiger partial charge in [0.2, 0.25) is 0 Å². The van der Waals surface area contributed by atoms with Gasteiger partial charge < -0.3 is 9.47 Å². The lowest BCUT2D eigenvalue weighted by atomic mass is 10.0. The minimum atomic E-state index is -0.753. The second-order valence-corrected chi connectivity index (χ2v) is 11.8. The molecule has 0 aliphatic heterocycles. The quantitative estimate of drug-likeness (QED) is 0.0528. The van der Waals surface area contributed by atoms with Crippen molar-refractivity contribution in [1.82, 2.24) is 0 Å². The normalized spacial score (nSPS) is 12.3. The molecule has 0 amide bonds. The molecule has 1 atom stereocenters. The lowest BCUT2D eigenvalue weighted by Gasteiger charge is -2.18. The molecule has 1 unspecified atom stereocenters. The fraction of sp³-hybridized carbons (Fsp3) is 0.886. The van der Waals surface area contributed by atoms with Crippen LogP contribution >= 0.6 is 0 Å². The monoisotopic (exact) mass is 550 g/mol. The standard InChI is InChI=1S/C35H66O4/c1-5-7-9-11-13-15-17-18-19-20-21-23-25-27-29-31-34(36)39-33(35(37)38-32(3)4)30-28-26-24-22-16-14-12-10-8-6-2/h18-19,32-33H,5-17,20-31H2,1-4H3/b19-18-.